The van der Waals surface area contributed by atoms with Crippen molar-refractivity contribution in [2.45, 2.75) is 4.90 Å². The average Bonchev–Trinajstić information content (AvgIpc) is 2.32. The summed E-state index contributed by atoms with van der Waals surface area (Å²) >= 11 is 0. The lowest BCUT2D eigenvalue weighted by molar-refractivity contribution is 0.411. The summed E-state index contributed by atoms with van der Waals surface area (Å²) in [7, 11) is -3.21. The molecule has 0 amide bonds. The fraction of sp³-hybridized carbons (Fsp3) is 0.0769. The molecule has 2 rings (SSSR count). The molecule has 4 nitrogen and oxygen atoms in total. The van der Waals surface area contributed by atoms with Crippen LogP contribution in [0.2, 0.25) is 0 Å². The van der Waals surface area contributed by atoms with Gasteiger partial charge in [-0.15, -0.1) is 0 Å². The Labute approximate surface area is 105 Å². The first-order valence-electron chi connectivity index (χ1n) is 5.23. The summed E-state index contributed by atoms with van der Waals surface area (Å²) in [5, 5.41) is 9.53. The first-order valence-corrected chi connectivity index (χ1v) is 7.12. The molecule has 0 spiro atoms. The standard InChI is InChI=1S/C13H12O4S/c1-18(15,16)11-8-6-10(7-9-11)17-13-5-3-2-4-12(13)14/h2-9,14H,1H3. The van der Waals surface area contributed by atoms with Crippen LogP contribution in [0.3, 0.4) is 0 Å². The molecule has 0 saturated carbocycles. The highest BCUT2D eigenvalue weighted by atomic mass is 32.2. The van der Waals surface area contributed by atoms with Gasteiger partial charge >= 0.3 is 0 Å². The molecule has 0 fully saturated rings. The van der Waals surface area contributed by atoms with Gasteiger partial charge < -0.3 is 9.84 Å². The lowest BCUT2D eigenvalue weighted by atomic mass is 10.3. The summed E-state index contributed by atoms with van der Waals surface area (Å²) < 4.78 is 28.0. The van der Waals surface area contributed by atoms with Crippen molar-refractivity contribution in [1.29, 1.82) is 0 Å². The number of rotatable bonds is 3. The average molecular weight is 264 g/mol. The van der Waals surface area contributed by atoms with Crippen molar-refractivity contribution < 1.29 is 18.3 Å². The third-order valence-corrected chi connectivity index (χ3v) is 3.47. The molecule has 5 heteroatoms. The SMILES string of the molecule is CS(=O)(=O)c1ccc(Oc2ccccc2O)cc1. The molecular weight excluding hydrogens is 252 g/mol. The van der Waals surface area contributed by atoms with Gasteiger partial charge in [-0.2, -0.15) is 0 Å². The number of phenols is 1. The van der Waals surface area contributed by atoms with E-state index in [0.29, 0.717) is 11.5 Å². The Morgan fingerprint density at radius 1 is 1.00 bits per heavy atom. The maximum Gasteiger partial charge on any atom is 0.175 e. The van der Waals surface area contributed by atoms with Crippen molar-refractivity contribution >= 4 is 9.84 Å². The van der Waals surface area contributed by atoms with E-state index < -0.39 is 9.84 Å². The minimum absolute atomic E-state index is 0.0321. The summed E-state index contributed by atoms with van der Waals surface area (Å²) in [4.78, 5) is 0.229. The van der Waals surface area contributed by atoms with E-state index in [9.17, 15) is 13.5 Å². The number of hydrogen-bond acceptors (Lipinski definition) is 4. The lowest BCUT2D eigenvalue weighted by Crippen LogP contribution is -1.96. The van der Waals surface area contributed by atoms with Gasteiger partial charge in [-0.1, -0.05) is 12.1 Å². The Morgan fingerprint density at radius 3 is 2.17 bits per heavy atom. The van der Waals surface area contributed by atoms with Gasteiger partial charge in [0.2, 0.25) is 0 Å². The molecule has 0 heterocycles. The van der Waals surface area contributed by atoms with Gasteiger partial charge in [-0.3, -0.25) is 0 Å². The molecule has 18 heavy (non-hydrogen) atoms. The van der Waals surface area contributed by atoms with Crippen LogP contribution < -0.4 is 4.74 Å². The van der Waals surface area contributed by atoms with E-state index in [-0.39, 0.29) is 10.6 Å². The van der Waals surface area contributed by atoms with Gasteiger partial charge in [0.25, 0.3) is 0 Å². The summed E-state index contributed by atoms with van der Waals surface area (Å²) in [5.74, 6) is 0.818. The Bertz CT molecular complexity index is 645. The second-order valence-electron chi connectivity index (χ2n) is 3.81. The minimum atomic E-state index is -3.21. The van der Waals surface area contributed by atoms with Crippen LogP contribution in [0.25, 0.3) is 0 Å². The van der Waals surface area contributed by atoms with Crippen LogP contribution >= 0.6 is 0 Å². The Kier molecular flexibility index (Phi) is 3.25. The molecule has 94 valence electrons. The Balaban J connectivity index is 2.24. The number of hydrogen-bond donors (Lipinski definition) is 1. The molecule has 0 saturated heterocycles. The smallest absolute Gasteiger partial charge is 0.175 e. The van der Waals surface area contributed by atoms with Gasteiger partial charge in [0.15, 0.2) is 21.3 Å². The number of para-hydroxylation sites is 2. The van der Waals surface area contributed by atoms with Crippen LogP contribution in [-0.4, -0.2) is 19.8 Å². The normalized spacial score (nSPS) is 11.2. The molecule has 2 aromatic carbocycles. The van der Waals surface area contributed by atoms with Crippen molar-refractivity contribution in [2.75, 3.05) is 6.26 Å². The first kappa shape index (κ1) is 12.4. The predicted molar refractivity (Wildman–Crippen MR) is 67.7 cm³/mol. The zero-order chi connectivity index (χ0) is 13.2. The van der Waals surface area contributed by atoms with Crippen LogP contribution in [0.15, 0.2) is 53.4 Å². The molecule has 0 atom stereocenters. The third kappa shape index (κ3) is 2.81. The molecule has 0 unspecified atom stereocenters. The molecule has 1 N–H and O–H groups in total. The van der Waals surface area contributed by atoms with Crippen molar-refractivity contribution in [1.82, 2.24) is 0 Å². The number of ether oxygens (including phenoxy) is 1. The van der Waals surface area contributed by atoms with E-state index in [1.54, 1.807) is 30.3 Å². The summed E-state index contributed by atoms with van der Waals surface area (Å²) in [6.07, 6.45) is 1.14. The van der Waals surface area contributed by atoms with Gasteiger partial charge in [0.1, 0.15) is 5.75 Å². The van der Waals surface area contributed by atoms with E-state index in [1.807, 2.05) is 0 Å². The lowest BCUT2D eigenvalue weighted by Gasteiger charge is -2.07. The van der Waals surface area contributed by atoms with Crippen LogP contribution in [-0.2, 0) is 9.84 Å². The van der Waals surface area contributed by atoms with Crippen molar-refractivity contribution in [3.8, 4) is 17.2 Å². The van der Waals surface area contributed by atoms with Crippen molar-refractivity contribution in [3.05, 3.63) is 48.5 Å². The van der Waals surface area contributed by atoms with Gasteiger partial charge in [0.05, 0.1) is 4.90 Å². The molecule has 0 radical (unpaired) electrons. The van der Waals surface area contributed by atoms with Gasteiger partial charge in [0, 0.05) is 6.26 Å². The number of aromatic hydroxyl groups is 1. The van der Waals surface area contributed by atoms with E-state index in [2.05, 4.69) is 0 Å². The van der Waals surface area contributed by atoms with Crippen molar-refractivity contribution in [3.63, 3.8) is 0 Å². The monoisotopic (exact) mass is 264 g/mol. The van der Waals surface area contributed by atoms with Crippen molar-refractivity contribution in [2.24, 2.45) is 0 Å². The minimum Gasteiger partial charge on any atom is -0.504 e. The first-order chi connectivity index (χ1) is 8.47. The van der Waals surface area contributed by atoms with Crippen LogP contribution in [0.1, 0.15) is 0 Å². The zero-order valence-electron chi connectivity index (χ0n) is 9.70. The third-order valence-electron chi connectivity index (χ3n) is 2.34. The van der Waals surface area contributed by atoms with Crippen LogP contribution in [0.5, 0.6) is 17.2 Å². The number of sulfone groups is 1. The van der Waals surface area contributed by atoms with Gasteiger partial charge in [-0.05, 0) is 36.4 Å². The molecular formula is C13H12O4S. The molecule has 0 aliphatic heterocycles. The van der Waals surface area contributed by atoms with E-state index in [0.717, 1.165) is 6.26 Å². The van der Waals surface area contributed by atoms with E-state index in [4.69, 9.17) is 4.74 Å². The zero-order valence-corrected chi connectivity index (χ0v) is 10.5. The van der Waals surface area contributed by atoms with Crippen LogP contribution in [0.4, 0.5) is 0 Å². The topological polar surface area (TPSA) is 63.6 Å². The molecule has 0 bridgehead atoms. The highest BCUT2D eigenvalue weighted by Crippen LogP contribution is 2.30. The Morgan fingerprint density at radius 2 is 1.61 bits per heavy atom. The molecule has 0 aliphatic carbocycles. The number of phenolic OH excluding ortho intramolecular Hbond substituents is 1. The molecule has 2 aromatic rings. The molecule has 0 aromatic heterocycles. The number of benzene rings is 2. The fourth-order valence-electron chi connectivity index (χ4n) is 1.43. The fourth-order valence-corrected chi connectivity index (χ4v) is 2.06. The van der Waals surface area contributed by atoms with E-state index in [1.165, 1.54) is 18.2 Å². The Hall–Kier alpha value is -2.01. The largest absolute Gasteiger partial charge is 0.504 e. The molecule has 0 aliphatic rings. The maximum atomic E-state index is 11.3. The van der Waals surface area contributed by atoms with Crippen LogP contribution in [0, 0.1) is 0 Å². The quantitative estimate of drug-likeness (QED) is 0.925. The highest BCUT2D eigenvalue weighted by molar-refractivity contribution is 7.90. The summed E-state index contributed by atoms with van der Waals surface area (Å²) in [6.45, 7) is 0. The van der Waals surface area contributed by atoms with E-state index >= 15 is 0 Å². The second kappa shape index (κ2) is 4.70. The van der Waals surface area contributed by atoms with Gasteiger partial charge in [-0.25, -0.2) is 8.42 Å². The maximum absolute atomic E-state index is 11.3. The summed E-state index contributed by atoms with van der Waals surface area (Å²) in [5.41, 5.74) is 0. The predicted octanol–water partition coefficient (Wildman–Crippen LogP) is 2.59. The highest BCUT2D eigenvalue weighted by Gasteiger charge is 2.07. The second-order valence-corrected chi connectivity index (χ2v) is 5.83. The summed E-state index contributed by atoms with van der Waals surface area (Å²) in [6, 6.07) is 12.6.